The van der Waals surface area contributed by atoms with Crippen molar-refractivity contribution in [3.63, 3.8) is 0 Å². The third-order valence-electron chi connectivity index (χ3n) is 2.30. The maximum atomic E-state index is 5.77. The van der Waals surface area contributed by atoms with E-state index in [9.17, 15) is 0 Å². The Kier molecular flexibility index (Phi) is 4.63. The van der Waals surface area contributed by atoms with Crippen LogP contribution in [0.15, 0.2) is 24.3 Å². The van der Waals surface area contributed by atoms with Gasteiger partial charge in [0.1, 0.15) is 0 Å². The molecular weight excluding hydrogens is 194 g/mol. The van der Waals surface area contributed by atoms with Crippen LogP contribution in [0.2, 0.25) is 0 Å². The molecule has 0 saturated carbocycles. The summed E-state index contributed by atoms with van der Waals surface area (Å²) in [5.74, 6) is 0. The van der Waals surface area contributed by atoms with Crippen LogP contribution in [-0.4, -0.2) is 0 Å². The van der Waals surface area contributed by atoms with Gasteiger partial charge in [-0.25, -0.2) is 0 Å². The smallest absolute Gasteiger partial charge is 0.0266 e. The van der Waals surface area contributed by atoms with Gasteiger partial charge in [0, 0.05) is 6.04 Å². The van der Waals surface area contributed by atoms with Gasteiger partial charge >= 0.3 is 0 Å². The Morgan fingerprint density at radius 3 is 1.79 bits per heavy atom. The van der Waals surface area contributed by atoms with Gasteiger partial charge in [0.25, 0.3) is 0 Å². The fraction of sp³-hybridized carbons (Fsp3) is 0.500. The highest BCUT2D eigenvalue weighted by atomic mass is 35.5. The van der Waals surface area contributed by atoms with E-state index in [4.69, 9.17) is 5.73 Å². The molecule has 1 atom stereocenters. The normalized spacial score (nSPS) is 13.2. The lowest BCUT2D eigenvalue weighted by Crippen LogP contribution is -2.11. The number of rotatable bonds is 1. The second-order valence-corrected chi connectivity index (χ2v) is 4.66. The third kappa shape index (κ3) is 3.32. The van der Waals surface area contributed by atoms with Crippen molar-refractivity contribution in [1.82, 2.24) is 0 Å². The molecule has 0 aliphatic rings. The topological polar surface area (TPSA) is 26.0 Å². The first-order valence-corrected chi connectivity index (χ1v) is 4.77. The van der Waals surface area contributed by atoms with E-state index in [1.807, 2.05) is 6.92 Å². The van der Waals surface area contributed by atoms with E-state index in [2.05, 4.69) is 45.0 Å². The second-order valence-electron chi connectivity index (χ2n) is 4.66. The molecule has 2 heteroatoms. The van der Waals surface area contributed by atoms with Crippen molar-refractivity contribution in [2.24, 2.45) is 5.73 Å². The Bertz CT molecular complexity index is 269. The van der Waals surface area contributed by atoms with E-state index in [1.165, 1.54) is 11.1 Å². The molecule has 0 heterocycles. The zero-order chi connectivity index (χ0) is 10.1. The predicted octanol–water partition coefficient (Wildman–Crippen LogP) is 3.43. The molecule has 0 aliphatic carbocycles. The Hall–Kier alpha value is -0.530. The number of nitrogens with two attached hydrogens (primary N) is 1. The summed E-state index contributed by atoms with van der Waals surface area (Å²) in [6.45, 7) is 8.65. The molecule has 0 spiro atoms. The minimum absolute atomic E-state index is 0. The zero-order valence-electron chi connectivity index (χ0n) is 9.37. The van der Waals surface area contributed by atoms with Crippen molar-refractivity contribution in [3.05, 3.63) is 35.4 Å². The molecule has 0 radical (unpaired) electrons. The van der Waals surface area contributed by atoms with Crippen LogP contribution in [0.1, 0.15) is 44.9 Å². The van der Waals surface area contributed by atoms with Crippen LogP contribution >= 0.6 is 12.4 Å². The van der Waals surface area contributed by atoms with Crippen LogP contribution in [0.25, 0.3) is 0 Å². The summed E-state index contributed by atoms with van der Waals surface area (Å²) in [6, 6.07) is 8.70. The fourth-order valence-electron chi connectivity index (χ4n) is 1.29. The minimum Gasteiger partial charge on any atom is -0.324 e. The maximum Gasteiger partial charge on any atom is 0.0266 e. The highest BCUT2D eigenvalue weighted by Crippen LogP contribution is 2.23. The van der Waals surface area contributed by atoms with Crippen LogP contribution in [0.3, 0.4) is 0 Å². The monoisotopic (exact) mass is 213 g/mol. The van der Waals surface area contributed by atoms with E-state index >= 15 is 0 Å². The average molecular weight is 214 g/mol. The third-order valence-corrected chi connectivity index (χ3v) is 2.30. The summed E-state index contributed by atoms with van der Waals surface area (Å²) in [5.41, 5.74) is 8.57. The number of benzene rings is 1. The largest absolute Gasteiger partial charge is 0.324 e. The molecule has 80 valence electrons. The van der Waals surface area contributed by atoms with E-state index in [-0.39, 0.29) is 23.9 Å². The Morgan fingerprint density at radius 2 is 1.50 bits per heavy atom. The van der Waals surface area contributed by atoms with Gasteiger partial charge in [-0.05, 0) is 23.5 Å². The van der Waals surface area contributed by atoms with Crippen molar-refractivity contribution >= 4 is 12.4 Å². The average Bonchev–Trinajstić information content (AvgIpc) is 2.03. The molecule has 1 rings (SSSR count). The van der Waals surface area contributed by atoms with Gasteiger partial charge in [0.15, 0.2) is 0 Å². The van der Waals surface area contributed by atoms with Crippen LogP contribution in [0.5, 0.6) is 0 Å². The highest BCUT2D eigenvalue weighted by Gasteiger charge is 2.12. The van der Waals surface area contributed by atoms with Crippen molar-refractivity contribution in [1.29, 1.82) is 0 Å². The first kappa shape index (κ1) is 13.5. The molecule has 2 N–H and O–H groups in total. The van der Waals surface area contributed by atoms with Crippen LogP contribution in [0, 0.1) is 0 Å². The molecule has 0 saturated heterocycles. The van der Waals surface area contributed by atoms with Gasteiger partial charge in [0.05, 0.1) is 0 Å². The number of hydrogen-bond acceptors (Lipinski definition) is 1. The summed E-state index contributed by atoms with van der Waals surface area (Å²) in [5, 5.41) is 0. The van der Waals surface area contributed by atoms with Crippen LogP contribution in [-0.2, 0) is 5.41 Å². The molecule has 0 aromatic heterocycles. The van der Waals surface area contributed by atoms with Crippen molar-refractivity contribution in [2.45, 2.75) is 39.2 Å². The molecule has 0 bridgehead atoms. The molecular formula is C12H20ClN. The Labute approximate surface area is 93.1 Å². The van der Waals surface area contributed by atoms with Crippen molar-refractivity contribution < 1.29 is 0 Å². The summed E-state index contributed by atoms with van der Waals surface area (Å²) in [7, 11) is 0. The second kappa shape index (κ2) is 4.81. The van der Waals surface area contributed by atoms with E-state index in [0.29, 0.717) is 0 Å². The molecule has 1 aromatic rings. The Morgan fingerprint density at radius 1 is 1.07 bits per heavy atom. The maximum absolute atomic E-state index is 5.77. The zero-order valence-corrected chi connectivity index (χ0v) is 10.2. The van der Waals surface area contributed by atoms with Crippen LogP contribution < -0.4 is 5.73 Å². The van der Waals surface area contributed by atoms with Gasteiger partial charge < -0.3 is 5.73 Å². The fourth-order valence-corrected chi connectivity index (χ4v) is 1.29. The molecule has 0 fully saturated rings. The lowest BCUT2D eigenvalue weighted by molar-refractivity contribution is 0.589. The first-order chi connectivity index (χ1) is 5.91. The van der Waals surface area contributed by atoms with Gasteiger partial charge in [-0.2, -0.15) is 0 Å². The quantitative estimate of drug-likeness (QED) is 0.760. The number of halogens is 1. The molecule has 0 unspecified atom stereocenters. The predicted molar refractivity (Wildman–Crippen MR) is 65.0 cm³/mol. The molecule has 14 heavy (non-hydrogen) atoms. The summed E-state index contributed by atoms with van der Waals surface area (Å²) in [4.78, 5) is 0. The van der Waals surface area contributed by atoms with E-state index < -0.39 is 0 Å². The van der Waals surface area contributed by atoms with E-state index in [0.717, 1.165) is 0 Å². The Balaban J connectivity index is 0.00000169. The highest BCUT2D eigenvalue weighted by molar-refractivity contribution is 5.85. The van der Waals surface area contributed by atoms with Crippen LogP contribution in [0.4, 0.5) is 0 Å². The lowest BCUT2D eigenvalue weighted by Gasteiger charge is -2.19. The SMILES string of the molecule is C[C@@H](N)c1ccc(C(C)(C)C)cc1.Cl. The molecule has 1 aromatic carbocycles. The summed E-state index contributed by atoms with van der Waals surface area (Å²) in [6.07, 6.45) is 0. The van der Waals surface area contributed by atoms with Gasteiger partial charge in [0.2, 0.25) is 0 Å². The summed E-state index contributed by atoms with van der Waals surface area (Å²) < 4.78 is 0. The van der Waals surface area contributed by atoms with Crippen molar-refractivity contribution in [3.8, 4) is 0 Å². The summed E-state index contributed by atoms with van der Waals surface area (Å²) >= 11 is 0. The van der Waals surface area contributed by atoms with Gasteiger partial charge in [-0.1, -0.05) is 45.0 Å². The van der Waals surface area contributed by atoms with Crippen molar-refractivity contribution in [2.75, 3.05) is 0 Å². The molecule has 0 aliphatic heterocycles. The van der Waals surface area contributed by atoms with Gasteiger partial charge in [-0.15, -0.1) is 12.4 Å². The standard InChI is InChI=1S/C12H19N.ClH/c1-9(13)10-5-7-11(8-6-10)12(2,3)4;/h5-9H,13H2,1-4H3;1H/t9-;/m1./s1. The van der Waals surface area contributed by atoms with E-state index in [1.54, 1.807) is 0 Å². The molecule has 0 amide bonds. The number of hydrogen-bond donors (Lipinski definition) is 1. The minimum atomic E-state index is 0. The first-order valence-electron chi connectivity index (χ1n) is 4.77. The van der Waals surface area contributed by atoms with Gasteiger partial charge in [-0.3, -0.25) is 0 Å². The molecule has 1 nitrogen and oxygen atoms in total. The lowest BCUT2D eigenvalue weighted by atomic mass is 9.86.